The summed E-state index contributed by atoms with van der Waals surface area (Å²) < 4.78 is 6.22. The Hall–Kier alpha value is -0.540. The summed E-state index contributed by atoms with van der Waals surface area (Å²) in [5.74, 6) is 1.42. The van der Waals surface area contributed by atoms with Crippen LogP contribution in [0.1, 0.15) is 51.1 Å². The van der Waals surface area contributed by atoms with Crippen molar-refractivity contribution in [1.82, 2.24) is 0 Å². The molecule has 0 aromatic heterocycles. The molecular weight excluding hydrogens is 290 g/mol. The van der Waals surface area contributed by atoms with Crippen LogP contribution < -0.4 is 10.5 Å². The fraction of sp³-hybridized carbons (Fsp3) is 0.600. The highest BCUT2D eigenvalue weighted by Crippen LogP contribution is 2.32. The zero-order chi connectivity index (χ0) is 13.5. The average Bonchev–Trinajstić information content (AvgIpc) is 2.37. The second-order valence-corrected chi connectivity index (χ2v) is 5.61. The van der Waals surface area contributed by atoms with E-state index in [0.29, 0.717) is 5.92 Å². The summed E-state index contributed by atoms with van der Waals surface area (Å²) in [6.07, 6.45) is 4.77. The molecule has 0 heterocycles. The molecule has 0 aliphatic heterocycles. The van der Waals surface area contributed by atoms with Gasteiger partial charge in [-0.2, -0.15) is 0 Å². The van der Waals surface area contributed by atoms with Gasteiger partial charge in [0.2, 0.25) is 0 Å². The SMILES string of the molecule is CCCC(CCC)C(N)c1ccc(OC)c(Br)c1. The van der Waals surface area contributed by atoms with Gasteiger partial charge in [-0.05, 0) is 52.4 Å². The summed E-state index contributed by atoms with van der Waals surface area (Å²) in [5.41, 5.74) is 7.60. The van der Waals surface area contributed by atoms with Crippen LogP contribution in [0.4, 0.5) is 0 Å². The van der Waals surface area contributed by atoms with Crippen molar-refractivity contribution in [3.05, 3.63) is 28.2 Å². The van der Waals surface area contributed by atoms with Gasteiger partial charge in [-0.25, -0.2) is 0 Å². The zero-order valence-corrected chi connectivity index (χ0v) is 13.2. The fourth-order valence-electron chi connectivity index (χ4n) is 2.41. The third kappa shape index (κ3) is 3.99. The normalized spacial score (nSPS) is 12.8. The van der Waals surface area contributed by atoms with Gasteiger partial charge in [0, 0.05) is 6.04 Å². The number of hydrogen-bond acceptors (Lipinski definition) is 2. The van der Waals surface area contributed by atoms with Crippen LogP contribution in [-0.2, 0) is 0 Å². The smallest absolute Gasteiger partial charge is 0.133 e. The molecule has 1 rings (SSSR count). The maximum Gasteiger partial charge on any atom is 0.133 e. The summed E-state index contributed by atoms with van der Waals surface area (Å²) in [7, 11) is 1.68. The predicted molar refractivity (Wildman–Crippen MR) is 80.9 cm³/mol. The Morgan fingerprint density at radius 2 is 1.83 bits per heavy atom. The quantitative estimate of drug-likeness (QED) is 0.793. The minimum atomic E-state index is 0.118. The van der Waals surface area contributed by atoms with Gasteiger partial charge in [0.05, 0.1) is 11.6 Å². The fourth-order valence-corrected chi connectivity index (χ4v) is 2.97. The second-order valence-electron chi connectivity index (χ2n) is 4.76. The van der Waals surface area contributed by atoms with Gasteiger partial charge in [0.1, 0.15) is 5.75 Å². The summed E-state index contributed by atoms with van der Waals surface area (Å²) in [4.78, 5) is 0. The Bertz CT molecular complexity index is 362. The van der Waals surface area contributed by atoms with Crippen molar-refractivity contribution < 1.29 is 4.74 Å². The molecule has 0 fully saturated rings. The van der Waals surface area contributed by atoms with Gasteiger partial charge < -0.3 is 10.5 Å². The van der Waals surface area contributed by atoms with Crippen molar-refractivity contribution in [3.8, 4) is 5.75 Å². The Morgan fingerprint density at radius 1 is 1.22 bits per heavy atom. The van der Waals surface area contributed by atoms with Crippen LogP contribution in [0.5, 0.6) is 5.75 Å². The molecule has 1 aromatic carbocycles. The van der Waals surface area contributed by atoms with Gasteiger partial charge in [0.25, 0.3) is 0 Å². The third-order valence-corrected chi connectivity index (χ3v) is 4.01. The van der Waals surface area contributed by atoms with Crippen LogP contribution in [-0.4, -0.2) is 7.11 Å². The van der Waals surface area contributed by atoms with E-state index in [9.17, 15) is 0 Å². The minimum Gasteiger partial charge on any atom is -0.496 e. The van der Waals surface area contributed by atoms with E-state index in [4.69, 9.17) is 10.5 Å². The Morgan fingerprint density at radius 3 is 2.28 bits per heavy atom. The van der Waals surface area contributed by atoms with Crippen LogP contribution in [0.2, 0.25) is 0 Å². The second kappa shape index (κ2) is 7.80. The predicted octanol–water partition coefficient (Wildman–Crippen LogP) is 4.67. The molecule has 102 valence electrons. The maximum atomic E-state index is 6.41. The highest BCUT2D eigenvalue weighted by molar-refractivity contribution is 9.10. The van der Waals surface area contributed by atoms with E-state index < -0.39 is 0 Å². The molecule has 1 unspecified atom stereocenters. The van der Waals surface area contributed by atoms with Gasteiger partial charge in [-0.15, -0.1) is 0 Å². The maximum absolute atomic E-state index is 6.41. The van der Waals surface area contributed by atoms with Gasteiger partial charge in [-0.1, -0.05) is 32.8 Å². The number of rotatable bonds is 7. The molecule has 0 saturated heterocycles. The highest BCUT2D eigenvalue weighted by atomic mass is 79.9. The lowest BCUT2D eigenvalue weighted by atomic mass is 9.87. The molecule has 0 aliphatic carbocycles. The van der Waals surface area contributed by atoms with Crippen molar-refractivity contribution in [2.45, 2.75) is 45.6 Å². The summed E-state index contributed by atoms with van der Waals surface area (Å²) in [5, 5.41) is 0. The van der Waals surface area contributed by atoms with E-state index in [2.05, 4.69) is 41.9 Å². The van der Waals surface area contributed by atoms with Crippen LogP contribution >= 0.6 is 15.9 Å². The van der Waals surface area contributed by atoms with Crippen LogP contribution in [0.15, 0.2) is 22.7 Å². The van der Waals surface area contributed by atoms with E-state index in [-0.39, 0.29) is 6.04 Å². The Labute approximate surface area is 119 Å². The molecule has 2 N–H and O–H groups in total. The first-order valence-electron chi connectivity index (χ1n) is 6.73. The minimum absolute atomic E-state index is 0.118. The van der Waals surface area contributed by atoms with E-state index in [1.165, 1.54) is 31.2 Å². The molecule has 1 aromatic rings. The van der Waals surface area contributed by atoms with Gasteiger partial charge >= 0.3 is 0 Å². The van der Waals surface area contributed by atoms with Crippen molar-refractivity contribution in [3.63, 3.8) is 0 Å². The van der Waals surface area contributed by atoms with Crippen molar-refractivity contribution in [1.29, 1.82) is 0 Å². The first kappa shape index (κ1) is 15.5. The topological polar surface area (TPSA) is 35.2 Å². The molecule has 18 heavy (non-hydrogen) atoms. The van der Waals surface area contributed by atoms with Crippen molar-refractivity contribution >= 4 is 15.9 Å². The molecule has 0 radical (unpaired) electrons. The highest BCUT2D eigenvalue weighted by Gasteiger charge is 2.18. The lowest BCUT2D eigenvalue weighted by molar-refractivity contribution is 0.367. The number of nitrogens with two attached hydrogens (primary N) is 1. The van der Waals surface area contributed by atoms with Crippen molar-refractivity contribution in [2.24, 2.45) is 11.7 Å². The largest absolute Gasteiger partial charge is 0.496 e. The van der Waals surface area contributed by atoms with Crippen LogP contribution in [0.25, 0.3) is 0 Å². The van der Waals surface area contributed by atoms with Crippen LogP contribution in [0.3, 0.4) is 0 Å². The molecule has 0 amide bonds. The first-order valence-corrected chi connectivity index (χ1v) is 7.52. The third-order valence-electron chi connectivity index (χ3n) is 3.39. The van der Waals surface area contributed by atoms with Crippen molar-refractivity contribution in [2.75, 3.05) is 7.11 Å². The molecule has 0 aliphatic rings. The molecule has 2 nitrogen and oxygen atoms in total. The number of hydrogen-bond donors (Lipinski definition) is 1. The van der Waals surface area contributed by atoms with E-state index in [1.54, 1.807) is 7.11 Å². The number of benzene rings is 1. The molecule has 0 saturated carbocycles. The molecule has 3 heteroatoms. The molecule has 0 bridgehead atoms. The summed E-state index contributed by atoms with van der Waals surface area (Å²) in [6, 6.07) is 6.26. The van der Waals surface area contributed by atoms with E-state index in [0.717, 1.165) is 10.2 Å². The standard InChI is InChI=1S/C15H24BrNO/c1-4-6-11(7-5-2)15(17)12-8-9-14(18-3)13(16)10-12/h8-11,15H,4-7,17H2,1-3H3. The molecular formula is C15H24BrNO. The monoisotopic (exact) mass is 313 g/mol. The molecule has 1 atom stereocenters. The number of ether oxygens (including phenoxy) is 1. The Balaban J connectivity index is 2.86. The summed E-state index contributed by atoms with van der Waals surface area (Å²) >= 11 is 3.52. The zero-order valence-electron chi connectivity index (χ0n) is 11.6. The number of halogens is 1. The van der Waals surface area contributed by atoms with Gasteiger partial charge in [-0.3, -0.25) is 0 Å². The first-order chi connectivity index (χ1) is 8.63. The number of methoxy groups -OCH3 is 1. The Kier molecular flexibility index (Phi) is 6.72. The lowest BCUT2D eigenvalue weighted by Gasteiger charge is -2.24. The lowest BCUT2D eigenvalue weighted by Crippen LogP contribution is -2.21. The van der Waals surface area contributed by atoms with E-state index in [1.807, 2.05) is 6.07 Å². The molecule has 0 spiro atoms. The average molecular weight is 314 g/mol. The van der Waals surface area contributed by atoms with Gasteiger partial charge in [0.15, 0.2) is 0 Å². The summed E-state index contributed by atoms with van der Waals surface area (Å²) in [6.45, 7) is 4.44. The van der Waals surface area contributed by atoms with E-state index >= 15 is 0 Å². The van der Waals surface area contributed by atoms with Crippen LogP contribution in [0, 0.1) is 5.92 Å².